The Labute approximate surface area is 336 Å². The van der Waals surface area contributed by atoms with Crippen molar-refractivity contribution in [2.24, 2.45) is 14.1 Å². The van der Waals surface area contributed by atoms with Gasteiger partial charge in [-0.15, -0.1) is 0 Å². The van der Waals surface area contributed by atoms with Crippen LogP contribution in [0.2, 0.25) is 0 Å². The van der Waals surface area contributed by atoms with Crippen molar-refractivity contribution in [3.05, 3.63) is 194 Å². The van der Waals surface area contributed by atoms with Crippen LogP contribution < -0.4 is 0 Å². The van der Waals surface area contributed by atoms with E-state index in [-0.39, 0.29) is 0 Å². The number of benzene rings is 10. The van der Waals surface area contributed by atoms with E-state index >= 15 is 0 Å². The fraction of sp³-hybridized carbons (Fsp3) is 0.0357. The van der Waals surface area contributed by atoms with E-state index < -0.39 is 0 Å². The van der Waals surface area contributed by atoms with Crippen LogP contribution >= 0.6 is 0 Å². The first-order valence-corrected chi connectivity index (χ1v) is 20.1. The molecule has 0 fully saturated rings. The lowest BCUT2D eigenvalue weighted by Crippen LogP contribution is -1.94. The molecule has 0 aliphatic heterocycles. The molecule has 12 aromatic rings. The Bertz CT molecular complexity index is 3460. The maximum atomic E-state index is 2.48. The zero-order valence-electron chi connectivity index (χ0n) is 32.4. The molecule has 0 bridgehead atoms. The summed E-state index contributed by atoms with van der Waals surface area (Å²) in [7, 11) is 4.42. The molecule has 2 aromatic heterocycles. The van der Waals surface area contributed by atoms with E-state index in [2.05, 4.69) is 217 Å². The van der Waals surface area contributed by atoms with Gasteiger partial charge in [-0.05, 0) is 96.0 Å². The molecule has 0 N–H and O–H groups in total. The summed E-state index contributed by atoms with van der Waals surface area (Å²) in [5, 5.41) is 12.6. The average molecular weight is 739 g/mol. The minimum absolute atomic E-state index is 1.22. The fourth-order valence-electron chi connectivity index (χ4n) is 10.1. The molecule has 0 unspecified atom stereocenters. The molecule has 2 heterocycles. The van der Waals surface area contributed by atoms with Gasteiger partial charge in [0.05, 0.1) is 11.0 Å². The minimum Gasteiger partial charge on any atom is -0.343 e. The summed E-state index contributed by atoms with van der Waals surface area (Å²) in [6.07, 6.45) is 0. The SMILES string of the molecule is Cn1c2ccccc2c2cccc(-c3cccc4c(-c5ccc6cc(-c7ccccc7)ccc6c5)c5cccc(-c6cccc7c8ccccc8n(C)c67)c5cc34)c21. The first kappa shape index (κ1) is 32.8. The highest BCUT2D eigenvalue weighted by Crippen LogP contribution is 2.47. The smallest absolute Gasteiger partial charge is 0.0568 e. The highest BCUT2D eigenvalue weighted by atomic mass is 14.9. The summed E-state index contributed by atoms with van der Waals surface area (Å²) < 4.78 is 4.75. The van der Waals surface area contributed by atoms with Gasteiger partial charge in [0.15, 0.2) is 0 Å². The van der Waals surface area contributed by atoms with Crippen molar-refractivity contribution < 1.29 is 0 Å². The van der Waals surface area contributed by atoms with E-state index in [1.54, 1.807) is 0 Å². The van der Waals surface area contributed by atoms with Crippen molar-refractivity contribution >= 4 is 75.9 Å². The average Bonchev–Trinajstić information content (AvgIpc) is 3.75. The zero-order valence-corrected chi connectivity index (χ0v) is 32.4. The van der Waals surface area contributed by atoms with Crippen LogP contribution in [0.3, 0.4) is 0 Å². The Kier molecular flexibility index (Phi) is 7.09. The summed E-state index contributed by atoms with van der Waals surface area (Å²) in [6, 6.07) is 72.0. The van der Waals surface area contributed by atoms with E-state index in [0.29, 0.717) is 0 Å². The van der Waals surface area contributed by atoms with E-state index in [4.69, 9.17) is 0 Å². The topological polar surface area (TPSA) is 9.86 Å². The van der Waals surface area contributed by atoms with Crippen LogP contribution in [0.4, 0.5) is 0 Å². The lowest BCUT2D eigenvalue weighted by Gasteiger charge is -2.19. The monoisotopic (exact) mass is 738 g/mol. The second-order valence-corrected chi connectivity index (χ2v) is 15.8. The fourth-order valence-corrected chi connectivity index (χ4v) is 10.1. The van der Waals surface area contributed by atoms with Crippen LogP contribution in [-0.2, 0) is 14.1 Å². The Hall–Kier alpha value is -7.42. The maximum Gasteiger partial charge on any atom is 0.0568 e. The molecular weight excluding hydrogens is 701 g/mol. The molecule has 0 atom stereocenters. The highest BCUT2D eigenvalue weighted by molar-refractivity contribution is 6.23. The van der Waals surface area contributed by atoms with Gasteiger partial charge in [-0.2, -0.15) is 0 Å². The van der Waals surface area contributed by atoms with Crippen molar-refractivity contribution in [2.75, 3.05) is 0 Å². The molecule has 0 radical (unpaired) electrons. The van der Waals surface area contributed by atoms with Crippen molar-refractivity contribution in [2.45, 2.75) is 0 Å². The van der Waals surface area contributed by atoms with E-state index in [9.17, 15) is 0 Å². The second-order valence-electron chi connectivity index (χ2n) is 15.8. The third-order valence-corrected chi connectivity index (χ3v) is 12.7. The van der Waals surface area contributed by atoms with Gasteiger partial charge in [0.2, 0.25) is 0 Å². The summed E-state index contributed by atoms with van der Waals surface area (Å²) >= 11 is 0. The predicted molar refractivity (Wildman–Crippen MR) is 249 cm³/mol. The van der Waals surface area contributed by atoms with Crippen LogP contribution in [0, 0.1) is 0 Å². The van der Waals surface area contributed by atoms with Crippen molar-refractivity contribution in [1.29, 1.82) is 0 Å². The molecule has 12 rings (SSSR count). The van der Waals surface area contributed by atoms with Crippen LogP contribution in [0.5, 0.6) is 0 Å². The Morgan fingerprint density at radius 1 is 0.276 bits per heavy atom. The molecule has 0 amide bonds. The molecule has 2 heteroatoms. The standard InChI is InChI=1S/C56H38N2/c1-57-52-26-8-6-16-42(52)48-24-12-22-46(55(48)57)40-18-10-20-44-50(40)34-51-41(47-23-13-25-49-43-17-7-9-27-53(43)58(2)56(47)49)19-11-21-45(51)54(44)39-31-30-37-32-36(28-29-38(37)33-39)35-14-4-3-5-15-35/h3-34H,1-2H3. The van der Waals surface area contributed by atoms with Crippen molar-refractivity contribution in [3.8, 4) is 44.5 Å². The third-order valence-electron chi connectivity index (χ3n) is 12.7. The second kappa shape index (κ2) is 12.5. The number of fused-ring (bicyclic) bond motifs is 9. The zero-order chi connectivity index (χ0) is 38.5. The Balaban J connectivity index is 1.18. The number of para-hydroxylation sites is 4. The van der Waals surface area contributed by atoms with Crippen LogP contribution in [-0.4, -0.2) is 9.13 Å². The summed E-state index contributed by atoms with van der Waals surface area (Å²) in [4.78, 5) is 0. The Morgan fingerprint density at radius 2 is 0.707 bits per heavy atom. The van der Waals surface area contributed by atoms with Crippen molar-refractivity contribution in [1.82, 2.24) is 9.13 Å². The quantitative estimate of drug-likeness (QED) is 0.159. The molecule has 272 valence electrons. The number of aryl methyl sites for hydroxylation is 2. The number of hydrogen-bond acceptors (Lipinski definition) is 0. The van der Waals surface area contributed by atoms with E-state index in [1.807, 2.05) is 0 Å². The van der Waals surface area contributed by atoms with Crippen LogP contribution in [0.15, 0.2) is 194 Å². The predicted octanol–water partition coefficient (Wildman–Crippen LogP) is 15.1. The summed E-state index contributed by atoms with van der Waals surface area (Å²) in [6.45, 7) is 0. The molecule has 58 heavy (non-hydrogen) atoms. The molecule has 0 aliphatic rings. The number of aromatic nitrogens is 2. The van der Waals surface area contributed by atoms with Crippen LogP contribution in [0.1, 0.15) is 0 Å². The largest absolute Gasteiger partial charge is 0.343 e. The van der Waals surface area contributed by atoms with E-state index in [1.165, 1.54) is 120 Å². The number of hydrogen-bond donors (Lipinski definition) is 0. The molecule has 0 aliphatic carbocycles. The molecule has 10 aromatic carbocycles. The first-order valence-electron chi connectivity index (χ1n) is 20.1. The van der Waals surface area contributed by atoms with Gasteiger partial charge in [0.1, 0.15) is 0 Å². The van der Waals surface area contributed by atoms with Crippen LogP contribution in [0.25, 0.3) is 120 Å². The van der Waals surface area contributed by atoms with E-state index in [0.717, 1.165) is 0 Å². The van der Waals surface area contributed by atoms with Gasteiger partial charge in [0, 0.05) is 57.8 Å². The minimum atomic E-state index is 1.22. The maximum absolute atomic E-state index is 2.48. The highest BCUT2D eigenvalue weighted by Gasteiger charge is 2.21. The first-order chi connectivity index (χ1) is 28.6. The molecular formula is C56H38N2. The molecule has 0 spiro atoms. The lowest BCUT2D eigenvalue weighted by molar-refractivity contribution is 1.02. The Morgan fingerprint density at radius 3 is 1.26 bits per heavy atom. The molecule has 2 nitrogen and oxygen atoms in total. The van der Waals surface area contributed by atoms with Gasteiger partial charge >= 0.3 is 0 Å². The van der Waals surface area contributed by atoms with Gasteiger partial charge in [-0.25, -0.2) is 0 Å². The third kappa shape index (κ3) is 4.72. The van der Waals surface area contributed by atoms with Gasteiger partial charge in [-0.3, -0.25) is 0 Å². The van der Waals surface area contributed by atoms with Gasteiger partial charge in [0.25, 0.3) is 0 Å². The number of rotatable bonds is 4. The van der Waals surface area contributed by atoms with Gasteiger partial charge < -0.3 is 9.13 Å². The normalized spacial score (nSPS) is 12.0. The summed E-state index contributed by atoms with van der Waals surface area (Å²) in [5.41, 5.74) is 14.9. The van der Waals surface area contributed by atoms with Crippen molar-refractivity contribution in [3.63, 3.8) is 0 Å². The molecule has 0 saturated carbocycles. The summed E-state index contributed by atoms with van der Waals surface area (Å²) in [5.74, 6) is 0. The lowest BCUT2D eigenvalue weighted by atomic mass is 9.85. The molecule has 0 saturated heterocycles. The van der Waals surface area contributed by atoms with Gasteiger partial charge in [-0.1, -0.05) is 164 Å². The number of nitrogens with zero attached hydrogens (tertiary/aromatic N) is 2.